The molecule has 0 atom stereocenters. The Bertz CT molecular complexity index is 1920. The third-order valence-electron chi connectivity index (χ3n) is 9.83. The molecule has 0 aromatic heterocycles. The Balaban J connectivity index is 0.000000165. The van der Waals surface area contributed by atoms with Gasteiger partial charge in [0.1, 0.15) is 5.54 Å². The van der Waals surface area contributed by atoms with Gasteiger partial charge in [-0.15, -0.1) is 70.8 Å². The molecule has 5 aliphatic rings. The Labute approximate surface area is 294 Å². The normalized spacial score (nSPS) is 18.8. The molecule has 1 spiro atoms. The first-order valence-electron chi connectivity index (χ1n) is 14.8. The molecule has 0 radical (unpaired) electrons. The van der Waals surface area contributed by atoms with Crippen LogP contribution in [0, 0.1) is 12.1 Å². The fourth-order valence-corrected chi connectivity index (χ4v) is 6.91. The number of aliphatic imine (C=N–C) groups is 2. The van der Waals surface area contributed by atoms with Crippen molar-refractivity contribution in [3.8, 4) is 11.1 Å². The van der Waals surface area contributed by atoms with Crippen LogP contribution in [0.1, 0.15) is 61.1 Å². The van der Waals surface area contributed by atoms with Crippen LogP contribution in [-0.4, -0.2) is 32.5 Å². The fourth-order valence-electron chi connectivity index (χ4n) is 6.91. The van der Waals surface area contributed by atoms with Crippen LogP contribution < -0.4 is 0 Å². The summed E-state index contributed by atoms with van der Waals surface area (Å²) in [7, 11) is 0. The largest absolute Gasteiger partial charge is 0.366 e. The van der Waals surface area contributed by atoms with Crippen LogP contribution in [0.2, 0.25) is 0 Å². The monoisotopic (exact) mass is 946 g/mol. The Morgan fingerprint density at radius 1 is 0.622 bits per heavy atom. The van der Waals surface area contributed by atoms with Gasteiger partial charge in [0.25, 0.3) is 0 Å². The second-order valence-electron chi connectivity index (χ2n) is 12.6. The molecule has 6 heteroatoms. The zero-order valence-electron chi connectivity index (χ0n) is 25.5. The molecule has 0 saturated heterocycles. The first kappa shape index (κ1) is 31.4. The number of nitrogens with zero attached hydrogens (tertiary/aromatic N) is 4. The van der Waals surface area contributed by atoms with Crippen molar-refractivity contribution in [2.24, 2.45) is 9.98 Å². The van der Waals surface area contributed by atoms with E-state index in [1.165, 1.54) is 27.8 Å². The van der Waals surface area contributed by atoms with E-state index in [1.807, 2.05) is 30.5 Å². The quantitative estimate of drug-likeness (QED) is 0.167. The van der Waals surface area contributed by atoms with Gasteiger partial charge in [-0.25, -0.2) is 0 Å². The average molecular weight is 947 g/mol. The SMILES string of the molecule is CC1(C)N=C2c3[c-]cccc3C=CN2C1(C)C.[Pt].[Pt].[c-]1cccc2c1C1=NC=CC3(c4ccccc4-c4ccccc43)N1C=C2. The van der Waals surface area contributed by atoms with Crippen LogP contribution in [-0.2, 0) is 47.7 Å². The summed E-state index contributed by atoms with van der Waals surface area (Å²) in [4.78, 5) is 14.2. The van der Waals surface area contributed by atoms with Crippen LogP contribution in [0.25, 0.3) is 23.3 Å². The van der Waals surface area contributed by atoms with Crippen molar-refractivity contribution in [2.75, 3.05) is 0 Å². The summed E-state index contributed by atoms with van der Waals surface area (Å²) in [6.07, 6.45) is 12.8. The molecule has 1 aliphatic carbocycles. The van der Waals surface area contributed by atoms with E-state index >= 15 is 0 Å². The van der Waals surface area contributed by atoms with Crippen molar-refractivity contribution in [1.29, 1.82) is 0 Å². The molecule has 0 saturated carbocycles. The maximum atomic E-state index is 4.90. The third-order valence-corrected chi connectivity index (χ3v) is 9.83. The minimum atomic E-state index is -0.359. The molecular formula is C39H32N4Pt2-2. The van der Waals surface area contributed by atoms with E-state index in [1.54, 1.807) is 0 Å². The minimum absolute atomic E-state index is 0. The predicted octanol–water partition coefficient (Wildman–Crippen LogP) is 8.06. The Hall–Kier alpha value is -3.58. The average Bonchev–Trinajstić information content (AvgIpc) is 3.42. The Morgan fingerprint density at radius 3 is 1.76 bits per heavy atom. The number of amidine groups is 2. The van der Waals surface area contributed by atoms with Crippen molar-refractivity contribution in [1.82, 2.24) is 9.80 Å². The molecule has 0 fully saturated rings. The first-order valence-corrected chi connectivity index (χ1v) is 14.8. The summed E-state index contributed by atoms with van der Waals surface area (Å²) in [6.45, 7) is 8.85. The maximum absolute atomic E-state index is 4.90. The van der Waals surface area contributed by atoms with Crippen molar-refractivity contribution < 1.29 is 42.1 Å². The Morgan fingerprint density at radius 2 is 1.16 bits per heavy atom. The molecule has 4 aromatic carbocycles. The number of hydrogen-bond donors (Lipinski definition) is 0. The fraction of sp³-hybridized carbons (Fsp3) is 0.179. The summed E-state index contributed by atoms with van der Waals surface area (Å²) in [6, 6.07) is 36.3. The van der Waals surface area contributed by atoms with E-state index in [0.29, 0.717) is 0 Å². The predicted molar refractivity (Wildman–Crippen MR) is 175 cm³/mol. The molecule has 45 heavy (non-hydrogen) atoms. The summed E-state index contributed by atoms with van der Waals surface area (Å²) in [5.74, 6) is 2.01. The molecule has 9 rings (SSSR count). The zero-order chi connectivity index (χ0) is 29.4. The van der Waals surface area contributed by atoms with E-state index in [-0.39, 0.29) is 58.7 Å². The molecule has 4 aromatic rings. The summed E-state index contributed by atoms with van der Waals surface area (Å²) in [5.41, 5.74) is 9.29. The molecule has 4 nitrogen and oxygen atoms in total. The smallest absolute Gasteiger partial charge is 0.109 e. The Kier molecular flexibility index (Phi) is 7.91. The maximum Gasteiger partial charge on any atom is 0.109 e. The van der Waals surface area contributed by atoms with Gasteiger partial charge in [0, 0.05) is 48.3 Å². The molecule has 0 bridgehead atoms. The number of rotatable bonds is 0. The molecule has 0 N–H and O–H groups in total. The van der Waals surface area contributed by atoms with Crippen LogP contribution in [0.4, 0.5) is 0 Å². The number of fused-ring (bicyclic) bond motifs is 12. The standard InChI is InChI=1S/C24H15N2.C15H17N2.2Pt/c1-2-8-18-17(7-1)13-16-26-23(18)25-15-14-24(26)21-11-5-3-9-19(21)20-10-4-6-12-22(20)24;1-14(2)15(3,4)17-10-9-11-7-5-6-8-12(11)13(17)16-14;;/h1-7,9-16H;5-7,9-10H,1-4H3;;/q2*-1;;. The summed E-state index contributed by atoms with van der Waals surface area (Å²) >= 11 is 0. The van der Waals surface area contributed by atoms with Gasteiger partial charge in [0.05, 0.1) is 22.7 Å². The van der Waals surface area contributed by atoms with Gasteiger partial charge in [-0.1, -0.05) is 60.7 Å². The van der Waals surface area contributed by atoms with Crippen LogP contribution in [0.15, 0.2) is 120 Å². The van der Waals surface area contributed by atoms with E-state index < -0.39 is 0 Å². The second-order valence-corrected chi connectivity index (χ2v) is 12.6. The number of hydrogen-bond acceptors (Lipinski definition) is 4. The molecular weight excluding hydrogens is 915 g/mol. The van der Waals surface area contributed by atoms with Crippen molar-refractivity contribution in [2.45, 2.75) is 44.3 Å². The van der Waals surface area contributed by atoms with E-state index in [4.69, 9.17) is 9.98 Å². The van der Waals surface area contributed by atoms with Gasteiger partial charge in [-0.05, 0) is 68.4 Å². The third kappa shape index (κ3) is 4.48. The topological polar surface area (TPSA) is 31.2 Å². The van der Waals surface area contributed by atoms with Crippen LogP contribution in [0.5, 0.6) is 0 Å². The molecule has 0 amide bonds. The van der Waals surface area contributed by atoms with Crippen LogP contribution in [0.3, 0.4) is 0 Å². The summed E-state index contributed by atoms with van der Waals surface area (Å²) < 4.78 is 0. The van der Waals surface area contributed by atoms with Gasteiger partial charge in [0.15, 0.2) is 0 Å². The van der Waals surface area contributed by atoms with Gasteiger partial charge in [0.2, 0.25) is 0 Å². The molecule has 4 heterocycles. The molecule has 230 valence electrons. The van der Waals surface area contributed by atoms with Crippen molar-refractivity contribution in [3.05, 3.63) is 155 Å². The van der Waals surface area contributed by atoms with Crippen molar-refractivity contribution in [3.63, 3.8) is 0 Å². The van der Waals surface area contributed by atoms with E-state index in [9.17, 15) is 0 Å². The summed E-state index contributed by atoms with van der Waals surface area (Å²) in [5, 5.41) is 0. The zero-order valence-corrected chi connectivity index (χ0v) is 30.0. The van der Waals surface area contributed by atoms with Gasteiger partial charge in [-0.3, -0.25) is 4.99 Å². The second kappa shape index (κ2) is 11.3. The van der Waals surface area contributed by atoms with Gasteiger partial charge < -0.3 is 14.8 Å². The van der Waals surface area contributed by atoms with Gasteiger partial charge in [-0.2, -0.15) is 0 Å². The molecule has 4 aliphatic heterocycles. The van der Waals surface area contributed by atoms with Crippen LogP contribution >= 0.6 is 0 Å². The first-order chi connectivity index (χ1) is 20.8. The van der Waals surface area contributed by atoms with E-state index in [2.05, 4.69) is 141 Å². The van der Waals surface area contributed by atoms with Gasteiger partial charge >= 0.3 is 0 Å². The van der Waals surface area contributed by atoms with E-state index in [0.717, 1.165) is 28.4 Å². The molecule has 0 unspecified atom stereocenters. The minimum Gasteiger partial charge on any atom is -0.366 e. The van der Waals surface area contributed by atoms with Crippen molar-refractivity contribution >= 4 is 23.8 Å². The number of benzene rings is 4.